The second kappa shape index (κ2) is 5.46. The Bertz CT molecular complexity index is 742. The SMILES string of the molecule is NCc1ccc(S(=O)(=O)N2CCCc3ccccc32)nc1. The third-order valence-corrected chi connectivity index (χ3v) is 5.38. The lowest BCUT2D eigenvalue weighted by Gasteiger charge is -2.30. The number of nitrogens with two attached hydrogens (primary N) is 1. The van der Waals surface area contributed by atoms with Gasteiger partial charge < -0.3 is 5.73 Å². The van der Waals surface area contributed by atoms with E-state index in [0.29, 0.717) is 13.1 Å². The minimum atomic E-state index is -3.62. The normalized spacial score (nSPS) is 14.8. The first kappa shape index (κ1) is 14.0. The number of rotatable bonds is 3. The summed E-state index contributed by atoms with van der Waals surface area (Å²) in [6, 6.07) is 10.8. The summed E-state index contributed by atoms with van der Waals surface area (Å²) in [6.45, 7) is 0.833. The lowest BCUT2D eigenvalue weighted by atomic mass is 10.0. The highest BCUT2D eigenvalue weighted by Crippen LogP contribution is 2.31. The molecule has 0 aliphatic carbocycles. The van der Waals surface area contributed by atoms with Crippen LogP contribution in [-0.2, 0) is 23.0 Å². The van der Waals surface area contributed by atoms with Gasteiger partial charge in [0.25, 0.3) is 10.0 Å². The molecule has 5 nitrogen and oxygen atoms in total. The van der Waals surface area contributed by atoms with Gasteiger partial charge in [-0.1, -0.05) is 24.3 Å². The molecular formula is C15H17N3O2S. The Morgan fingerprint density at radius 3 is 2.71 bits per heavy atom. The van der Waals surface area contributed by atoms with Gasteiger partial charge in [0, 0.05) is 19.3 Å². The molecule has 0 amide bonds. The minimum Gasteiger partial charge on any atom is -0.326 e. The Morgan fingerprint density at radius 2 is 2.00 bits per heavy atom. The van der Waals surface area contributed by atoms with Gasteiger partial charge in [0.1, 0.15) is 0 Å². The van der Waals surface area contributed by atoms with Crippen LogP contribution in [0.4, 0.5) is 5.69 Å². The highest BCUT2D eigenvalue weighted by molar-refractivity contribution is 7.92. The summed E-state index contributed by atoms with van der Waals surface area (Å²) >= 11 is 0. The first-order valence-corrected chi connectivity index (χ1v) is 8.32. The number of aryl methyl sites for hydroxylation is 1. The maximum atomic E-state index is 12.8. The quantitative estimate of drug-likeness (QED) is 0.936. The summed E-state index contributed by atoms with van der Waals surface area (Å²) in [6.07, 6.45) is 3.24. The van der Waals surface area contributed by atoms with Crippen molar-refractivity contribution in [1.82, 2.24) is 4.98 Å². The molecule has 6 heteroatoms. The molecule has 0 saturated carbocycles. The highest BCUT2D eigenvalue weighted by Gasteiger charge is 2.29. The first-order valence-electron chi connectivity index (χ1n) is 6.88. The number of aromatic nitrogens is 1. The summed E-state index contributed by atoms with van der Waals surface area (Å²) in [5.41, 5.74) is 8.15. The van der Waals surface area contributed by atoms with Gasteiger partial charge in [0.15, 0.2) is 5.03 Å². The molecule has 1 aromatic heterocycles. The van der Waals surface area contributed by atoms with Crippen LogP contribution in [0.1, 0.15) is 17.5 Å². The van der Waals surface area contributed by atoms with Crippen molar-refractivity contribution in [1.29, 1.82) is 0 Å². The van der Waals surface area contributed by atoms with E-state index in [1.807, 2.05) is 24.3 Å². The summed E-state index contributed by atoms with van der Waals surface area (Å²) < 4.78 is 27.0. The Hall–Kier alpha value is -1.92. The predicted octanol–water partition coefficient (Wildman–Crippen LogP) is 1.68. The fourth-order valence-corrected chi connectivity index (χ4v) is 4.00. The zero-order chi connectivity index (χ0) is 14.9. The Kier molecular flexibility index (Phi) is 3.65. The van der Waals surface area contributed by atoms with E-state index in [-0.39, 0.29) is 5.03 Å². The third kappa shape index (κ3) is 2.52. The maximum Gasteiger partial charge on any atom is 0.281 e. The van der Waals surface area contributed by atoms with Crippen molar-refractivity contribution in [2.45, 2.75) is 24.4 Å². The summed E-state index contributed by atoms with van der Waals surface area (Å²) in [5, 5.41) is 0.0661. The molecular weight excluding hydrogens is 286 g/mol. The molecule has 2 N–H and O–H groups in total. The minimum absolute atomic E-state index is 0.0661. The van der Waals surface area contributed by atoms with E-state index >= 15 is 0 Å². The van der Waals surface area contributed by atoms with E-state index in [1.54, 1.807) is 6.07 Å². The molecule has 2 heterocycles. The molecule has 2 aromatic rings. The number of fused-ring (bicyclic) bond motifs is 1. The highest BCUT2D eigenvalue weighted by atomic mass is 32.2. The molecule has 0 atom stereocenters. The van der Waals surface area contributed by atoms with Crippen LogP contribution in [0.2, 0.25) is 0 Å². The van der Waals surface area contributed by atoms with Crippen LogP contribution < -0.4 is 10.0 Å². The fourth-order valence-electron chi connectivity index (χ4n) is 2.55. The summed E-state index contributed by atoms with van der Waals surface area (Å²) in [5.74, 6) is 0. The molecule has 1 aliphatic rings. The number of sulfonamides is 1. The van der Waals surface area contributed by atoms with Gasteiger partial charge in [0.2, 0.25) is 0 Å². The van der Waals surface area contributed by atoms with Gasteiger partial charge >= 0.3 is 0 Å². The number of anilines is 1. The standard InChI is InChI=1S/C15H17N3O2S/c16-10-12-7-8-15(17-11-12)21(19,20)18-9-3-5-13-4-1-2-6-14(13)18/h1-2,4,6-8,11H,3,5,9-10,16H2. The van der Waals surface area contributed by atoms with Gasteiger partial charge in [-0.25, -0.2) is 4.98 Å². The molecule has 21 heavy (non-hydrogen) atoms. The van der Waals surface area contributed by atoms with Crippen molar-refractivity contribution in [2.24, 2.45) is 5.73 Å². The van der Waals surface area contributed by atoms with Gasteiger partial charge in [-0.3, -0.25) is 4.31 Å². The number of pyridine rings is 1. The van der Waals surface area contributed by atoms with Gasteiger partial charge in [-0.05, 0) is 36.1 Å². The van der Waals surface area contributed by atoms with Crippen molar-refractivity contribution >= 4 is 15.7 Å². The van der Waals surface area contributed by atoms with E-state index in [0.717, 1.165) is 29.7 Å². The van der Waals surface area contributed by atoms with Gasteiger partial charge in [-0.2, -0.15) is 8.42 Å². The summed E-state index contributed by atoms with van der Waals surface area (Å²) in [7, 11) is -3.62. The van der Waals surface area contributed by atoms with Crippen LogP contribution in [-0.4, -0.2) is 19.9 Å². The van der Waals surface area contributed by atoms with Crippen LogP contribution in [0.25, 0.3) is 0 Å². The average Bonchev–Trinajstić information content (AvgIpc) is 2.54. The van der Waals surface area contributed by atoms with Gasteiger partial charge in [0.05, 0.1) is 5.69 Å². The van der Waals surface area contributed by atoms with E-state index in [9.17, 15) is 8.42 Å². The zero-order valence-corrected chi connectivity index (χ0v) is 12.4. The molecule has 0 unspecified atom stereocenters. The smallest absolute Gasteiger partial charge is 0.281 e. The van der Waals surface area contributed by atoms with E-state index in [2.05, 4.69) is 4.98 Å². The monoisotopic (exact) mass is 303 g/mol. The van der Waals surface area contributed by atoms with Gasteiger partial charge in [-0.15, -0.1) is 0 Å². The molecule has 0 bridgehead atoms. The van der Waals surface area contributed by atoms with Crippen molar-refractivity contribution < 1.29 is 8.42 Å². The number of nitrogens with zero attached hydrogens (tertiary/aromatic N) is 2. The Morgan fingerprint density at radius 1 is 1.19 bits per heavy atom. The van der Waals surface area contributed by atoms with Crippen molar-refractivity contribution in [3.05, 3.63) is 53.7 Å². The van der Waals surface area contributed by atoms with Crippen LogP contribution >= 0.6 is 0 Å². The second-order valence-corrected chi connectivity index (χ2v) is 6.83. The average molecular weight is 303 g/mol. The lowest BCUT2D eigenvalue weighted by Crippen LogP contribution is -2.35. The van der Waals surface area contributed by atoms with Crippen molar-refractivity contribution in [3.8, 4) is 0 Å². The number of benzene rings is 1. The zero-order valence-electron chi connectivity index (χ0n) is 11.6. The molecule has 3 rings (SSSR count). The van der Waals surface area contributed by atoms with E-state index < -0.39 is 10.0 Å². The van der Waals surface area contributed by atoms with Crippen LogP contribution in [0.5, 0.6) is 0 Å². The molecule has 0 fully saturated rings. The largest absolute Gasteiger partial charge is 0.326 e. The third-order valence-electron chi connectivity index (χ3n) is 3.66. The van der Waals surface area contributed by atoms with E-state index in [1.165, 1.54) is 16.6 Å². The molecule has 1 aromatic carbocycles. The van der Waals surface area contributed by atoms with Crippen LogP contribution in [0.15, 0.2) is 47.6 Å². The van der Waals surface area contributed by atoms with E-state index in [4.69, 9.17) is 5.73 Å². The van der Waals surface area contributed by atoms with Crippen molar-refractivity contribution in [2.75, 3.05) is 10.8 Å². The van der Waals surface area contributed by atoms with Crippen LogP contribution in [0, 0.1) is 0 Å². The molecule has 1 aliphatic heterocycles. The Balaban J connectivity index is 2.02. The fraction of sp³-hybridized carbons (Fsp3) is 0.267. The Labute approximate surface area is 124 Å². The summed E-state index contributed by atoms with van der Waals surface area (Å²) in [4.78, 5) is 4.06. The molecule has 0 radical (unpaired) electrons. The second-order valence-electron chi connectivity index (χ2n) is 5.02. The molecule has 110 valence electrons. The number of hydrogen-bond acceptors (Lipinski definition) is 4. The maximum absolute atomic E-state index is 12.8. The number of para-hydroxylation sites is 1. The lowest BCUT2D eigenvalue weighted by molar-refractivity contribution is 0.582. The first-order chi connectivity index (χ1) is 10.1. The topological polar surface area (TPSA) is 76.3 Å². The predicted molar refractivity (Wildman–Crippen MR) is 81.4 cm³/mol. The molecule has 0 spiro atoms. The number of hydrogen-bond donors (Lipinski definition) is 1. The van der Waals surface area contributed by atoms with Crippen molar-refractivity contribution in [3.63, 3.8) is 0 Å². The molecule has 0 saturated heterocycles. The van der Waals surface area contributed by atoms with Crippen LogP contribution in [0.3, 0.4) is 0 Å².